The van der Waals surface area contributed by atoms with Crippen molar-refractivity contribution in [2.45, 2.75) is 26.8 Å². The van der Waals surface area contributed by atoms with Gasteiger partial charge in [-0.15, -0.1) is 0 Å². The highest BCUT2D eigenvalue weighted by atomic mass is 16.5. The molecule has 0 spiro atoms. The van der Waals surface area contributed by atoms with E-state index in [9.17, 15) is 9.59 Å². The monoisotopic (exact) mass is 313 g/mol. The summed E-state index contributed by atoms with van der Waals surface area (Å²) in [6.45, 7) is 5.58. The summed E-state index contributed by atoms with van der Waals surface area (Å²) < 4.78 is 4.92. The molecular weight excluding hydrogens is 294 g/mol. The van der Waals surface area contributed by atoms with Gasteiger partial charge in [-0.05, 0) is 37.5 Å². The van der Waals surface area contributed by atoms with Crippen molar-refractivity contribution in [2.75, 3.05) is 6.61 Å². The first-order chi connectivity index (χ1) is 11.0. The van der Waals surface area contributed by atoms with Gasteiger partial charge < -0.3 is 10.1 Å². The molecule has 1 amide bonds. The summed E-state index contributed by atoms with van der Waals surface area (Å²) in [7, 11) is 0. The van der Waals surface area contributed by atoms with Crippen LogP contribution in [0.5, 0.6) is 0 Å². The van der Waals surface area contributed by atoms with Gasteiger partial charge in [0.2, 0.25) is 0 Å². The number of aryl methyl sites for hydroxylation is 2. The van der Waals surface area contributed by atoms with Crippen LogP contribution in [0.3, 0.4) is 0 Å². The largest absolute Gasteiger partial charge is 0.451 e. The van der Waals surface area contributed by atoms with Gasteiger partial charge in [0.15, 0.2) is 12.3 Å². The number of benzene rings is 1. The first-order valence-corrected chi connectivity index (χ1v) is 7.27. The first-order valence-electron chi connectivity index (χ1n) is 7.27. The molecule has 23 heavy (non-hydrogen) atoms. The molecule has 6 nitrogen and oxygen atoms in total. The SMILES string of the molecule is Cc1ccc([C@@H](C)NC(=O)COC(=O)c2cnccn2)cc1C. The van der Waals surface area contributed by atoms with E-state index in [1.165, 1.54) is 24.2 Å². The van der Waals surface area contributed by atoms with Crippen LogP contribution < -0.4 is 5.32 Å². The lowest BCUT2D eigenvalue weighted by Gasteiger charge is -2.15. The van der Waals surface area contributed by atoms with E-state index in [2.05, 4.69) is 15.3 Å². The summed E-state index contributed by atoms with van der Waals surface area (Å²) in [5.74, 6) is -1.04. The lowest BCUT2D eigenvalue weighted by atomic mass is 10.0. The molecule has 0 radical (unpaired) electrons. The third-order valence-electron chi connectivity index (χ3n) is 3.52. The fourth-order valence-electron chi connectivity index (χ4n) is 2.01. The van der Waals surface area contributed by atoms with Crippen molar-refractivity contribution < 1.29 is 14.3 Å². The minimum Gasteiger partial charge on any atom is -0.451 e. The van der Waals surface area contributed by atoms with Gasteiger partial charge in [0.05, 0.1) is 12.2 Å². The maximum absolute atomic E-state index is 11.9. The maximum atomic E-state index is 11.9. The van der Waals surface area contributed by atoms with Gasteiger partial charge in [-0.3, -0.25) is 9.78 Å². The highest BCUT2D eigenvalue weighted by molar-refractivity contribution is 5.89. The van der Waals surface area contributed by atoms with Crippen LogP contribution in [0.25, 0.3) is 0 Å². The predicted octanol–water partition coefficient (Wildman–Crippen LogP) is 2.13. The molecule has 1 atom stereocenters. The molecule has 0 saturated carbocycles. The Labute approximate surface area is 134 Å². The normalized spacial score (nSPS) is 11.6. The van der Waals surface area contributed by atoms with E-state index in [1.54, 1.807) is 0 Å². The number of nitrogens with one attached hydrogen (secondary N) is 1. The molecule has 0 aliphatic carbocycles. The Kier molecular flexibility index (Phi) is 5.41. The van der Waals surface area contributed by atoms with Crippen LogP contribution >= 0.6 is 0 Å². The Balaban J connectivity index is 1.87. The zero-order chi connectivity index (χ0) is 16.8. The molecule has 0 unspecified atom stereocenters. The van der Waals surface area contributed by atoms with E-state index in [0.717, 1.165) is 11.1 Å². The zero-order valence-corrected chi connectivity index (χ0v) is 13.4. The second-order valence-corrected chi connectivity index (χ2v) is 5.30. The lowest BCUT2D eigenvalue weighted by molar-refractivity contribution is -0.124. The number of nitrogens with zero attached hydrogens (tertiary/aromatic N) is 2. The molecule has 0 bridgehead atoms. The standard InChI is InChI=1S/C17H19N3O3/c1-11-4-5-14(8-12(11)2)13(3)20-16(21)10-23-17(22)15-9-18-6-7-19-15/h4-9,13H,10H2,1-3H3,(H,20,21)/t13-/m1/s1. The number of carbonyl (C=O) groups is 2. The van der Waals surface area contributed by atoms with Gasteiger partial charge >= 0.3 is 5.97 Å². The van der Waals surface area contributed by atoms with E-state index in [1.807, 2.05) is 39.0 Å². The number of amides is 1. The summed E-state index contributed by atoms with van der Waals surface area (Å²) in [4.78, 5) is 31.2. The molecule has 6 heteroatoms. The summed E-state index contributed by atoms with van der Waals surface area (Å²) in [5.41, 5.74) is 3.44. The van der Waals surface area contributed by atoms with Crippen LogP contribution in [-0.4, -0.2) is 28.5 Å². The molecule has 2 rings (SSSR count). The molecule has 1 aromatic carbocycles. The maximum Gasteiger partial charge on any atom is 0.359 e. The topological polar surface area (TPSA) is 81.2 Å². The number of ether oxygens (including phenoxy) is 1. The molecule has 1 N–H and O–H groups in total. The molecular formula is C17H19N3O3. The van der Waals surface area contributed by atoms with Gasteiger partial charge in [0.25, 0.3) is 5.91 Å². The Morgan fingerprint density at radius 2 is 2.00 bits per heavy atom. The van der Waals surface area contributed by atoms with E-state index >= 15 is 0 Å². The molecule has 0 aliphatic heterocycles. The number of aromatic nitrogens is 2. The quantitative estimate of drug-likeness (QED) is 0.855. The Morgan fingerprint density at radius 3 is 2.65 bits per heavy atom. The molecule has 1 aromatic heterocycles. The van der Waals surface area contributed by atoms with Crippen molar-refractivity contribution in [1.29, 1.82) is 0 Å². The Morgan fingerprint density at radius 1 is 1.22 bits per heavy atom. The summed E-state index contributed by atoms with van der Waals surface area (Å²) in [5, 5.41) is 2.80. The van der Waals surface area contributed by atoms with E-state index < -0.39 is 5.97 Å². The van der Waals surface area contributed by atoms with Crippen molar-refractivity contribution in [3.05, 3.63) is 59.2 Å². The second kappa shape index (κ2) is 7.49. The summed E-state index contributed by atoms with van der Waals surface area (Å²) in [6, 6.07) is 5.85. The van der Waals surface area contributed by atoms with Gasteiger partial charge in [0, 0.05) is 12.4 Å². The van der Waals surface area contributed by atoms with E-state index in [0.29, 0.717) is 0 Å². The fourth-order valence-corrected chi connectivity index (χ4v) is 2.01. The number of hydrogen-bond donors (Lipinski definition) is 1. The van der Waals surface area contributed by atoms with E-state index in [4.69, 9.17) is 4.74 Å². The lowest BCUT2D eigenvalue weighted by Crippen LogP contribution is -2.31. The highest BCUT2D eigenvalue weighted by Gasteiger charge is 2.14. The summed E-state index contributed by atoms with van der Waals surface area (Å²) >= 11 is 0. The fraction of sp³-hybridized carbons (Fsp3) is 0.294. The van der Waals surface area contributed by atoms with Crippen LogP contribution in [-0.2, 0) is 9.53 Å². The smallest absolute Gasteiger partial charge is 0.359 e. The van der Waals surface area contributed by atoms with Gasteiger partial charge in [-0.25, -0.2) is 9.78 Å². The molecule has 120 valence electrons. The van der Waals surface area contributed by atoms with Crippen molar-refractivity contribution in [1.82, 2.24) is 15.3 Å². The number of carbonyl (C=O) groups excluding carboxylic acids is 2. The zero-order valence-electron chi connectivity index (χ0n) is 13.4. The van der Waals surface area contributed by atoms with Crippen molar-refractivity contribution in [3.63, 3.8) is 0 Å². The van der Waals surface area contributed by atoms with Gasteiger partial charge in [0.1, 0.15) is 0 Å². The van der Waals surface area contributed by atoms with Crippen molar-refractivity contribution >= 4 is 11.9 Å². The van der Waals surface area contributed by atoms with Gasteiger partial charge in [-0.2, -0.15) is 0 Å². The highest BCUT2D eigenvalue weighted by Crippen LogP contribution is 2.16. The Hall–Kier alpha value is -2.76. The third-order valence-corrected chi connectivity index (χ3v) is 3.52. The molecule has 0 fully saturated rings. The minimum absolute atomic E-state index is 0.0718. The summed E-state index contributed by atoms with van der Waals surface area (Å²) in [6.07, 6.45) is 4.13. The van der Waals surface area contributed by atoms with Crippen LogP contribution in [0.2, 0.25) is 0 Å². The average molecular weight is 313 g/mol. The minimum atomic E-state index is -0.674. The number of rotatable bonds is 5. The molecule has 1 heterocycles. The predicted molar refractivity (Wildman–Crippen MR) is 84.8 cm³/mol. The molecule has 0 aliphatic rings. The first kappa shape index (κ1) is 16.6. The number of esters is 1. The van der Waals surface area contributed by atoms with Crippen LogP contribution in [0.15, 0.2) is 36.8 Å². The van der Waals surface area contributed by atoms with Crippen LogP contribution in [0.1, 0.15) is 40.1 Å². The second-order valence-electron chi connectivity index (χ2n) is 5.30. The average Bonchev–Trinajstić information content (AvgIpc) is 2.55. The van der Waals surface area contributed by atoms with Crippen LogP contribution in [0, 0.1) is 13.8 Å². The Bertz CT molecular complexity index is 701. The number of hydrogen-bond acceptors (Lipinski definition) is 5. The third kappa shape index (κ3) is 4.60. The van der Waals surface area contributed by atoms with Gasteiger partial charge in [-0.1, -0.05) is 18.2 Å². The van der Waals surface area contributed by atoms with Crippen molar-refractivity contribution in [2.24, 2.45) is 0 Å². The molecule has 2 aromatic rings. The van der Waals surface area contributed by atoms with E-state index in [-0.39, 0.29) is 24.2 Å². The van der Waals surface area contributed by atoms with Crippen molar-refractivity contribution in [3.8, 4) is 0 Å². The van der Waals surface area contributed by atoms with Crippen LogP contribution in [0.4, 0.5) is 0 Å². The molecule has 0 saturated heterocycles.